The van der Waals surface area contributed by atoms with Crippen LogP contribution in [-0.2, 0) is 11.4 Å². The second kappa shape index (κ2) is 11.2. The maximum Gasteiger partial charge on any atom is 0.270 e. The van der Waals surface area contributed by atoms with Gasteiger partial charge >= 0.3 is 0 Å². The van der Waals surface area contributed by atoms with Gasteiger partial charge in [-0.1, -0.05) is 65.4 Å². The molecule has 10 heteroatoms. The molecule has 0 saturated carbocycles. The number of thioether (sulfide) groups is 1. The molecule has 34 heavy (non-hydrogen) atoms. The quantitative estimate of drug-likeness (QED) is 0.146. The Balaban J connectivity index is 1.59. The SMILES string of the molecule is COc1cc(/C=C2/SC(=S)N(c3ccc(Br)c(Cl)c3)C2=O)cc(I)c1OCc1ccccc1Cl. The molecule has 4 nitrogen and oxygen atoms in total. The van der Waals surface area contributed by atoms with Crippen LogP contribution in [0.2, 0.25) is 10.0 Å². The van der Waals surface area contributed by atoms with Crippen LogP contribution in [0.25, 0.3) is 6.08 Å². The van der Waals surface area contributed by atoms with Crippen molar-refractivity contribution in [1.82, 2.24) is 0 Å². The summed E-state index contributed by atoms with van der Waals surface area (Å²) in [5.74, 6) is 0.957. The first-order chi connectivity index (χ1) is 16.3. The molecule has 1 aliphatic rings. The van der Waals surface area contributed by atoms with Gasteiger partial charge in [-0.3, -0.25) is 9.69 Å². The summed E-state index contributed by atoms with van der Waals surface area (Å²) >= 11 is 24.7. The molecule has 0 N–H and O–H groups in total. The van der Waals surface area contributed by atoms with Crippen LogP contribution in [-0.4, -0.2) is 17.3 Å². The van der Waals surface area contributed by atoms with E-state index in [1.165, 1.54) is 16.7 Å². The lowest BCUT2D eigenvalue weighted by molar-refractivity contribution is -0.113. The van der Waals surface area contributed by atoms with Crippen molar-refractivity contribution in [2.24, 2.45) is 0 Å². The number of anilines is 1. The third-order valence-corrected chi connectivity index (χ3v) is 8.54. The second-order valence-electron chi connectivity index (χ2n) is 7.03. The van der Waals surface area contributed by atoms with E-state index in [0.29, 0.717) is 43.1 Å². The first-order valence-electron chi connectivity index (χ1n) is 9.75. The van der Waals surface area contributed by atoms with Gasteiger partial charge in [-0.25, -0.2) is 0 Å². The lowest BCUT2D eigenvalue weighted by Gasteiger charge is -2.15. The number of ether oxygens (including phenoxy) is 2. The predicted molar refractivity (Wildman–Crippen MR) is 156 cm³/mol. The Hall–Kier alpha value is -1.30. The molecule has 0 atom stereocenters. The summed E-state index contributed by atoms with van der Waals surface area (Å²) in [7, 11) is 1.58. The zero-order valence-electron chi connectivity index (χ0n) is 17.5. The monoisotopic (exact) mass is 705 g/mol. The van der Waals surface area contributed by atoms with Crippen LogP contribution in [0.15, 0.2) is 64.0 Å². The molecular formula is C24H15BrCl2INO3S2. The molecular weight excluding hydrogens is 692 g/mol. The summed E-state index contributed by atoms with van der Waals surface area (Å²) in [6.07, 6.45) is 1.79. The van der Waals surface area contributed by atoms with Crippen LogP contribution in [0.1, 0.15) is 11.1 Å². The molecule has 1 fully saturated rings. The Morgan fingerprint density at radius 2 is 1.91 bits per heavy atom. The normalized spacial score (nSPS) is 14.7. The van der Waals surface area contributed by atoms with E-state index in [0.717, 1.165) is 19.2 Å². The van der Waals surface area contributed by atoms with E-state index in [-0.39, 0.29) is 5.91 Å². The predicted octanol–water partition coefficient (Wildman–Crippen LogP) is 8.35. The highest BCUT2D eigenvalue weighted by molar-refractivity contribution is 14.1. The van der Waals surface area contributed by atoms with Gasteiger partial charge in [0.15, 0.2) is 15.8 Å². The number of hydrogen-bond donors (Lipinski definition) is 0. The van der Waals surface area contributed by atoms with E-state index in [9.17, 15) is 4.79 Å². The fraction of sp³-hybridized carbons (Fsp3) is 0.0833. The van der Waals surface area contributed by atoms with Crippen molar-refractivity contribution in [3.05, 3.63) is 88.7 Å². The molecule has 4 rings (SSSR count). The Morgan fingerprint density at radius 3 is 2.62 bits per heavy atom. The standard InChI is InChI=1S/C24H15BrCl2INO3S2/c1-31-20-9-13(8-19(28)22(20)32-12-14-4-2-3-5-17(14)26)10-21-23(30)29(24(33)34-21)15-6-7-16(25)18(27)11-15/h2-11H,12H2,1H3/b21-10+. The Morgan fingerprint density at radius 1 is 1.15 bits per heavy atom. The van der Waals surface area contributed by atoms with Crippen molar-refractivity contribution in [1.29, 1.82) is 0 Å². The fourth-order valence-corrected chi connectivity index (χ4v) is 5.89. The van der Waals surface area contributed by atoms with E-state index in [2.05, 4.69) is 38.5 Å². The first kappa shape index (κ1) is 25.8. The lowest BCUT2D eigenvalue weighted by Crippen LogP contribution is -2.27. The number of nitrogens with zero attached hydrogens (tertiary/aromatic N) is 1. The highest BCUT2D eigenvalue weighted by Gasteiger charge is 2.33. The average molecular weight is 707 g/mol. The van der Waals surface area contributed by atoms with E-state index in [1.807, 2.05) is 36.4 Å². The molecule has 1 heterocycles. The Kier molecular flexibility index (Phi) is 8.48. The first-order valence-corrected chi connectivity index (χ1v) is 13.6. The zero-order chi connectivity index (χ0) is 24.4. The zero-order valence-corrected chi connectivity index (χ0v) is 24.4. The topological polar surface area (TPSA) is 38.8 Å². The van der Waals surface area contributed by atoms with Crippen molar-refractivity contribution >= 4 is 108 Å². The summed E-state index contributed by atoms with van der Waals surface area (Å²) in [6, 6.07) is 16.6. The van der Waals surface area contributed by atoms with Gasteiger partial charge in [0.1, 0.15) is 6.61 Å². The number of benzene rings is 3. The number of rotatable bonds is 6. The third kappa shape index (κ3) is 5.57. The van der Waals surface area contributed by atoms with Crippen LogP contribution in [0.4, 0.5) is 5.69 Å². The molecule has 0 radical (unpaired) electrons. The van der Waals surface area contributed by atoms with Gasteiger partial charge in [0.2, 0.25) is 0 Å². The van der Waals surface area contributed by atoms with Crippen molar-refractivity contribution in [3.63, 3.8) is 0 Å². The van der Waals surface area contributed by atoms with Gasteiger partial charge in [-0.15, -0.1) is 0 Å². The molecule has 0 aromatic heterocycles. The highest BCUT2D eigenvalue weighted by Crippen LogP contribution is 2.40. The summed E-state index contributed by atoms with van der Waals surface area (Å²) in [5.41, 5.74) is 2.29. The number of carbonyl (C=O) groups excluding carboxylic acids is 1. The van der Waals surface area contributed by atoms with Gasteiger partial charge in [-0.2, -0.15) is 0 Å². The summed E-state index contributed by atoms with van der Waals surface area (Å²) in [6.45, 7) is 0.305. The van der Waals surface area contributed by atoms with Gasteiger partial charge in [0.05, 0.1) is 26.3 Å². The number of methoxy groups -OCH3 is 1. The van der Waals surface area contributed by atoms with Crippen molar-refractivity contribution < 1.29 is 14.3 Å². The van der Waals surface area contributed by atoms with Crippen molar-refractivity contribution in [3.8, 4) is 11.5 Å². The number of carbonyl (C=O) groups is 1. The lowest BCUT2D eigenvalue weighted by atomic mass is 10.1. The highest BCUT2D eigenvalue weighted by atomic mass is 127. The van der Waals surface area contributed by atoms with Crippen LogP contribution in [0, 0.1) is 3.57 Å². The van der Waals surface area contributed by atoms with Crippen LogP contribution >= 0.6 is 85.7 Å². The van der Waals surface area contributed by atoms with Crippen LogP contribution in [0.3, 0.4) is 0 Å². The Labute approximate surface area is 238 Å². The molecule has 0 bridgehead atoms. The number of amides is 1. The smallest absolute Gasteiger partial charge is 0.270 e. The summed E-state index contributed by atoms with van der Waals surface area (Å²) in [4.78, 5) is 15.1. The van der Waals surface area contributed by atoms with Gasteiger partial charge in [-0.05, 0) is 86.6 Å². The Bertz CT molecular complexity index is 1340. The molecule has 1 saturated heterocycles. The molecule has 3 aromatic carbocycles. The number of halogens is 4. The second-order valence-corrected chi connectivity index (χ2v) is 11.5. The minimum Gasteiger partial charge on any atom is -0.493 e. The maximum atomic E-state index is 13.1. The van der Waals surface area contributed by atoms with Crippen LogP contribution < -0.4 is 14.4 Å². The van der Waals surface area contributed by atoms with Gasteiger partial charge in [0.25, 0.3) is 5.91 Å². The minimum absolute atomic E-state index is 0.207. The molecule has 3 aromatic rings. The molecule has 0 spiro atoms. The molecule has 1 amide bonds. The molecule has 1 aliphatic heterocycles. The largest absolute Gasteiger partial charge is 0.493 e. The fourth-order valence-electron chi connectivity index (χ4n) is 3.19. The number of hydrogen-bond acceptors (Lipinski definition) is 5. The van der Waals surface area contributed by atoms with E-state index in [4.69, 9.17) is 44.9 Å². The van der Waals surface area contributed by atoms with E-state index < -0.39 is 0 Å². The summed E-state index contributed by atoms with van der Waals surface area (Å²) in [5, 5.41) is 1.14. The summed E-state index contributed by atoms with van der Waals surface area (Å²) < 4.78 is 13.6. The minimum atomic E-state index is -0.207. The molecule has 0 aliphatic carbocycles. The third-order valence-electron chi connectivity index (χ3n) is 4.83. The molecule has 174 valence electrons. The number of thiocarbonyl (C=S) groups is 1. The van der Waals surface area contributed by atoms with E-state index >= 15 is 0 Å². The van der Waals surface area contributed by atoms with Gasteiger partial charge < -0.3 is 9.47 Å². The van der Waals surface area contributed by atoms with Crippen LogP contribution in [0.5, 0.6) is 11.5 Å². The van der Waals surface area contributed by atoms with Gasteiger partial charge in [0, 0.05) is 15.1 Å². The maximum absolute atomic E-state index is 13.1. The molecule has 0 unspecified atom stereocenters. The van der Waals surface area contributed by atoms with E-state index in [1.54, 1.807) is 31.4 Å². The van der Waals surface area contributed by atoms with Crippen molar-refractivity contribution in [2.45, 2.75) is 6.61 Å². The van der Waals surface area contributed by atoms with Crippen molar-refractivity contribution in [2.75, 3.05) is 12.0 Å². The average Bonchev–Trinajstić information content (AvgIpc) is 3.08.